The van der Waals surface area contributed by atoms with Gasteiger partial charge in [0.2, 0.25) is 11.8 Å². The Morgan fingerprint density at radius 1 is 0.867 bits per heavy atom. The summed E-state index contributed by atoms with van der Waals surface area (Å²) >= 11 is 0. The maximum Gasteiger partial charge on any atom is 0.226 e. The molecule has 0 amide bonds. The van der Waals surface area contributed by atoms with Crippen LogP contribution < -0.4 is 10.2 Å². The molecule has 45 heavy (non-hydrogen) atoms. The number of nitrogens with zero attached hydrogens (tertiary/aromatic N) is 4. The molecule has 1 aliphatic rings. The van der Waals surface area contributed by atoms with E-state index in [1.54, 1.807) is 12.4 Å². The van der Waals surface area contributed by atoms with E-state index in [2.05, 4.69) is 119 Å². The van der Waals surface area contributed by atoms with Crippen molar-refractivity contribution < 1.29 is 8.83 Å². The zero-order chi connectivity index (χ0) is 31.2. The quantitative estimate of drug-likeness (QED) is 0.161. The molecule has 3 heterocycles. The lowest BCUT2D eigenvalue weighted by molar-refractivity contribution is 0.403. The summed E-state index contributed by atoms with van der Waals surface area (Å²) in [6, 6.07) is 27.2. The predicted molar refractivity (Wildman–Crippen MR) is 183 cm³/mol. The van der Waals surface area contributed by atoms with E-state index in [0.717, 1.165) is 57.3 Å². The predicted octanol–water partition coefficient (Wildman–Crippen LogP) is 9.22. The highest BCUT2D eigenvalue weighted by Gasteiger charge is 2.17. The molecular weight excluding hydrogens is 558 g/mol. The third-order valence-electron chi connectivity index (χ3n) is 7.75. The van der Waals surface area contributed by atoms with Crippen molar-refractivity contribution in [3.05, 3.63) is 139 Å². The molecule has 1 unspecified atom stereocenters. The first-order valence-corrected chi connectivity index (χ1v) is 15.2. The average Bonchev–Trinajstić information content (AvgIpc) is 3.77. The van der Waals surface area contributed by atoms with Gasteiger partial charge in [-0.15, -0.1) is 0 Å². The van der Waals surface area contributed by atoms with Crippen molar-refractivity contribution >= 4 is 28.2 Å². The Bertz CT molecular complexity index is 1760. The number of hydrogen-bond donors (Lipinski definition) is 1. The van der Waals surface area contributed by atoms with Gasteiger partial charge in [0, 0.05) is 59.5 Å². The number of nitrogens with one attached hydrogen (secondary N) is 1. The van der Waals surface area contributed by atoms with Crippen molar-refractivity contribution in [2.75, 3.05) is 19.0 Å². The van der Waals surface area contributed by atoms with E-state index in [-0.39, 0.29) is 0 Å². The van der Waals surface area contributed by atoms with Crippen molar-refractivity contribution in [3.8, 4) is 22.9 Å². The monoisotopic (exact) mass is 595 g/mol. The summed E-state index contributed by atoms with van der Waals surface area (Å²) in [5.41, 5.74) is 6.94. The van der Waals surface area contributed by atoms with Gasteiger partial charge in [-0.3, -0.25) is 0 Å². The van der Waals surface area contributed by atoms with Gasteiger partial charge in [0.05, 0.1) is 12.4 Å². The summed E-state index contributed by atoms with van der Waals surface area (Å²) in [7, 11) is 3.94. The van der Waals surface area contributed by atoms with Crippen LogP contribution in [0, 0.1) is 0 Å². The standard InChI is InChI=1S/C38H37N5O2/c1-5-9-28(20-22-39-3)35-25-40-37(44-35)29-12-16-33(17-13-29)43(32-10-7-6-8-11-32)34-18-14-30(15-19-34)38-41-26-36(45-38)31-21-23-42(4)27(2)24-31/h6-27,39H,5H2,1-4H3/b22-20-,28-9+. The molecule has 1 N–H and O–H groups in total. The molecule has 1 atom stereocenters. The maximum absolute atomic E-state index is 6.18. The minimum atomic E-state index is 0.297. The van der Waals surface area contributed by atoms with Gasteiger partial charge < -0.3 is 24.0 Å². The number of hydrogen-bond acceptors (Lipinski definition) is 7. The topological polar surface area (TPSA) is 70.6 Å². The van der Waals surface area contributed by atoms with Gasteiger partial charge in [0.25, 0.3) is 0 Å². The van der Waals surface area contributed by atoms with Crippen LogP contribution in [-0.4, -0.2) is 35.0 Å². The highest BCUT2D eigenvalue weighted by molar-refractivity contribution is 5.79. The summed E-state index contributed by atoms with van der Waals surface area (Å²) in [5, 5.41) is 3.03. The second kappa shape index (κ2) is 13.4. The van der Waals surface area contributed by atoms with E-state index in [4.69, 9.17) is 8.83 Å². The highest BCUT2D eigenvalue weighted by Crippen LogP contribution is 2.37. The molecule has 0 radical (unpaired) electrons. The molecule has 1 aliphatic heterocycles. The molecule has 5 aromatic rings. The Morgan fingerprint density at radius 3 is 2.11 bits per heavy atom. The summed E-state index contributed by atoms with van der Waals surface area (Å²) in [6.07, 6.45) is 16.8. The molecule has 0 aliphatic carbocycles. The fraction of sp³-hybridized carbons (Fsp3) is 0.158. The third kappa shape index (κ3) is 6.53. The van der Waals surface area contributed by atoms with Crippen LogP contribution in [0.25, 0.3) is 34.1 Å². The lowest BCUT2D eigenvalue weighted by atomic mass is 10.1. The molecule has 0 saturated heterocycles. The van der Waals surface area contributed by atoms with Gasteiger partial charge in [0.15, 0.2) is 11.5 Å². The van der Waals surface area contributed by atoms with Gasteiger partial charge in [-0.2, -0.15) is 0 Å². The normalized spacial score (nSPS) is 15.0. The van der Waals surface area contributed by atoms with E-state index < -0.39 is 0 Å². The summed E-state index contributed by atoms with van der Waals surface area (Å²) in [4.78, 5) is 13.5. The first kappa shape index (κ1) is 29.5. The van der Waals surface area contributed by atoms with Gasteiger partial charge in [0.1, 0.15) is 0 Å². The molecule has 0 bridgehead atoms. The molecule has 0 spiro atoms. The van der Waals surface area contributed by atoms with Crippen LogP contribution in [-0.2, 0) is 0 Å². The van der Waals surface area contributed by atoms with Crippen molar-refractivity contribution in [1.82, 2.24) is 20.2 Å². The van der Waals surface area contributed by atoms with E-state index >= 15 is 0 Å². The average molecular weight is 596 g/mol. The lowest BCUT2D eigenvalue weighted by Gasteiger charge is -2.25. The van der Waals surface area contributed by atoms with Crippen molar-refractivity contribution in [1.29, 1.82) is 0 Å². The Kier molecular flexibility index (Phi) is 8.78. The fourth-order valence-electron chi connectivity index (χ4n) is 5.19. The van der Waals surface area contributed by atoms with E-state index in [1.165, 1.54) is 0 Å². The zero-order valence-corrected chi connectivity index (χ0v) is 26.0. The Labute approximate surface area is 264 Å². The minimum absolute atomic E-state index is 0.297. The molecule has 2 aromatic heterocycles. The third-order valence-corrected chi connectivity index (χ3v) is 7.75. The van der Waals surface area contributed by atoms with E-state index in [0.29, 0.717) is 17.8 Å². The van der Waals surface area contributed by atoms with Crippen LogP contribution >= 0.6 is 0 Å². The summed E-state index contributed by atoms with van der Waals surface area (Å²) < 4.78 is 12.3. The molecular formula is C38H37N5O2. The largest absolute Gasteiger partial charge is 0.436 e. The Morgan fingerprint density at radius 2 is 1.49 bits per heavy atom. The summed E-state index contributed by atoms with van der Waals surface area (Å²) in [5.74, 6) is 2.68. The minimum Gasteiger partial charge on any atom is -0.436 e. The number of rotatable bonds is 10. The molecule has 0 fully saturated rings. The van der Waals surface area contributed by atoms with Crippen LogP contribution in [0.5, 0.6) is 0 Å². The number of oxazole rings is 2. The second-order valence-corrected chi connectivity index (χ2v) is 10.9. The maximum atomic E-state index is 6.18. The molecule has 7 heteroatoms. The van der Waals surface area contributed by atoms with Crippen LogP contribution in [0.4, 0.5) is 17.1 Å². The van der Waals surface area contributed by atoms with Gasteiger partial charge in [-0.25, -0.2) is 9.97 Å². The first-order valence-electron chi connectivity index (χ1n) is 15.2. The van der Waals surface area contributed by atoms with Crippen LogP contribution in [0.15, 0.2) is 137 Å². The zero-order valence-electron chi connectivity index (χ0n) is 26.0. The molecule has 226 valence electrons. The number of anilines is 3. The first-order chi connectivity index (χ1) is 22.0. The number of allylic oxidation sites excluding steroid dienone is 5. The second-order valence-electron chi connectivity index (χ2n) is 10.9. The van der Waals surface area contributed by atoms with Crippen molar-refractivity contribution in [2.24, 2.45) is 0 Å². The van der Waals surface area contributed by atoms with Gasteiger partial charge in [-0.1, -0.05) is 37.3 Å². The Balaban J connectivity index is 1.26. The molecule has 3 aromatic carbocycles. The van der Waals surface area contributed by atoms with Crippen molar-refractivity contribution in [2.45, 2.75) is 26.3 Å². The van der Waals surface area contributed by atoms with Crippen LogP contribution in [0.3, 0.4) is 0 Å². The van der Waals surface area contributed by atoms with E-state index in [1.807, 2.05) is 49.7 Å². The van der Waals surface area contributed by atoms with Gasteiger partial charge >= 0.3 is 0 Å². The van der Waals surface area contributed by atoms with Gasteiger partial charge in [-0.05, 0) is 98.6 Å². The van der Waals surface area contributed by atoms with E-state index in [9.17, 15) is 0 Å². The molecule has 7 nitrogen and oxygen atoms in total. The number of benzene rings is 3. The van der Waals surface area contributed by atoms with Crippen LogP contribution in [0.2, 0.25) is 0 Å². The Hall–Kier alpha value is -5.56. The molecule has 0 saturated carbocycles. The lowest BCUT2D eigenvalue weighted by Crippen LogP contribution is -2.23. The highest BCUT2D eigenvalue weighted by atomic mass is 16.4. The number of aromatic nitrogens is 2. The summed E-state index contributed by atoms with van der Waals surface area (Å²) in [6.45, 7) is 4.26. The molecule has 6 rings (SSSR count). The number of para-hydroxylation sites is 1. The number of likely N-dealkylation sites (N-methyl/N-ethyl adjacent to an activating group) is 1. The van der Waals surface area contributed by atoms with Crippen molar-refractivity contribution in [3.63, 3.8) is 0 Å². The fourth-order valence-corrected chi connectivity index (χ4v) is 5.19. The smallest absolute Gasteiger partial charge is 0.226 e. The van der Waals surface area contributed by atoms with Crippen LogP contribution in [0.1, 0.15) is 31.8 Å². The SMILES string of the molecule is CC/C=C(\C=C/NC)c1cnc(-c2ccc(N(c3ccccc3)c3ccc(-c4ncc(C5=CC(C)N(C)C=C5)o4)cc3)cc2)o1.